The van der Waals surface area contributed by atoms with E-state index >= 15 is 0 Å². The van der Waals surface area contributed by atoms with Crippen molar-refractivity contribution in [3.05, 3.63) is 6.92 Å². The lowest BCUT2D eigenvalue weighted by Crippen LogP contribution is -1.95. The lowest BCUT2D eigenvalue weighted by molar-refractivity contribution is 0.538. The van der Waals surface area contributed by atoms with Crippen molar-refractivity contribution in [2.75, 3.05) is 0 Å². The van der Waals surface area contributed by atoms with E-state index in [1.807, 2.05) is 0 Å². The van der Waals surface area contributed by atoms with Gasteiger partial charge >= 0.3 is 0 Å². The van der Waals surface area contributed by atoms with Gasteiger partial charge in [0, 0.05) is 5.25 Å². The van der Waals surface area contributed by atoms with Crippen LogP contribution in [0.25, 0.3) is 0 Å². The van der Waals surface area contributed by atoms with Gasteiger partial charge in [-0.05, 0) is 12.8 Å². The summed E-state index contributed by atoms with van der Waals surface area (Å²) < 4.78 is 0. The first-order chi connectivity index (χ1) is 8.81. The van der Waals surface area contributed by atoms with Gasteiger partial charge in [0.2, 0.25) is 0 Å². The first-order valence-electron chi connectivity index (χ1n) is 8.28. The molecule has 0 aliphatic heterocycles. The summed E-state index contributed by atoms with van der Waals surface area (Å²) in [5, 5.41) is 0.535. The van der Waals surface area contributed by atoms with E-state index in [1.165, 1.54) is 83.5 Å². The third-order valence-corrected chi connectivity index (χ3v) is 4.24. The molecule has 0 aromatic rings. The maximum Gasteiger partial charge on any atom is 0.00168 e. The molecular formula is C17H35S. The van der Waals surface area contributed by atoms with Gasteiger partial charge in [0.25, 0.3) is 0 Å². The normalized spacial score (nSPS) is 12.8. The molecule has 0 aromatic carbocycles. The van der Waals surface area contributed by atoms with E-state index < -0.39 is 0 Å². The van der Waals surface area contributed by atoms with Crippen LogP contribution < -0.4 is 0 Å². The first-order valence-corrected chi connectivity index (χ1v) is 8.80. The van der Waals surface area contributed by atoms with Crippen molar-refractivity contribution in [1.82, 2.24) is 0 Å². The highest BCUT2D eigenvalue weighted by Crippen LogP contribution is 2.15. The van der Waals surface area contributed by atoms with Crippen molar-refractivity contribution >= 4 is 12.6 Å². The van der Waals surface area contributed by atoms with Crippen LogP contribution in [0.2, 0.25) is 0 Å². The Balaban J connectivity index is 2.94. The summed E-state index contributed by atoms with van der Waals surface area (Å²) in [5.74, 6) is 0. The molecule has 0 nitrogen and oxygen atoms in total. The molecule has 1 heteroatoms. The zero-order chi connectivity index (χ0) is 13.5. The molecule has 0 bridgehead atoms. The van der Waals surface area contributed by atoms with Gasteiger partial charge in [0.05, 0.1) is 0 Å². The van der Waals surface area contributed by atoms with E-state index in [4.69, 9.17) is 0 Å². The van der Waals surface area contributed by atoms with E-state index in [2.05, 4.69) is 26.5 Å². The van der Waals surface area contributed by atoms with Crippen molar-refractivity contribution in [3.8, 4) is 0 Å². The summed E-state index contributed by atoms with van der Waals surface area (Å²) in [5.41, 5.74) is 0. The fraction of sp³-hybridized carbons (Fsp3) is 0.941. The molecule has 0 aliphatic carbocycles. The van der Waals surface area contributed by atoms with Gasteiger partial charge in [-0.1, -0.05) is 90.9 Å². The van der Waals surface area contributed by atoms with Crippen LogP contribution in [0.15, 0.2) is 0 Å². The van der Waals surface area contributed by atoms with Gasteiger partial charge in [-0.25, -0.2) is 0 Å². The monoisotopic (exact) mass is 271 g/mol. The standard InChI is InChI=1S/C17H35S/c1-3-5-6-7-8-9-10-11-12-13-14-15-16-17(18)4-2/h17-18H,2-16H2,1H3. The minimum absolute atomic E-state index is 0.535. The van der Waals surface area contributed by atoms with Crippen LogP contribution in [-0.2, 0) is 0 Å². The fourth-order valence-corrected chi connectivity index (χ4v) is 2.55. The van der Waals surface area contributed by atoms with Crippen LogP contribution in [0.3, 0.4) is 0 Å². The Morgan fingerprint density at radius 3 is 1.50 bits per heavy atom. The molecule has 0 rings (SSSR count). The minimum atomic E-state index is 0.535. The lowest BCUT2D eigenvalue weighted by Gasteiger charge is -2.06. The predicted molar refractivity (Wildman–Crippen MR) is 88.4 cm³/mol. The van der Waals surface area contributed by atoms with Crippen molar-refractivity contribution in [3.63, 3.8) is 0 Å². The number of hydrogen-bond acceptors (Lipinski definition) is 1. The predicted octanol–water partition coefficient (Wildman–Crippen LogP) is 6.60. The summed E-state index contributed by atoms with van der Waals surface area (Å²) >= 11 is 4.47. The summed E-state index contributed by atoms with van der Waals surface area (Å²) in [6.07, 6.45) is 19.4. The third-order valence-electron chi connectivity index (χ3n) is 3.72. The zero-order valence-electron chi connectivity index (χ0n) is 12.6. The molecule has 0 saturated carbocycles. The van der Waals surface area contributed by atoms with E-state index in [0.29, 0.717) is 5.25 Å². The highest BCUT2D eigenvalue weighted by atomic mass is 32.1. The highest BCUT2D eigenvalue weighted by molar-refractivity contribution is 7.80. The average Bonchev–Trinajstić information content (AvgIpc) is 2.39. The maximum atomic E-state index is 4.47. The summed E-state index contributed by atoms with van der Waals surface area (Å²) in [4.78, 5) is 0. The molecule has 0 saturated heterocycles. The Labute approximate surface area is 122 Å². The van der Waals surface area contributed by atoms with Gasteiger partial charge < -0.3 is 0 Å². The van der Waals surface area contributed by atoms with E-state index in [9.17, 15) is 0 Å². The van der Waals surface area contributed by atoms with Crippen LogP contribution in [0.1, 0.15) is 96.8 Å². The van der Waals surface area contributed by atoms with Gasteiger partial charge in [0.1, 0.15) is 0 Å². The van der Waals surface area contributed by atoms with E-state index in [1.54, 1.807) is 0 Å². The highest BCUT2D eigenvalue weighted by Gasteiger charge is 1.98. The van der Waals surface area contributed by atoms with Crippen LogP contribution in [-0.4, -0.2) is 5.25 Å². The van der Waals surface area contributed by atoms with Gasteiger partial charge in [-0.15, -0.1) is 0 Å². The number of unbranched alkanes of at least 4 members (excludes halogenated alkanes) is 11. The first kappa shape index (κ1) is 18.4. The summed E-state index contributed by atoms with van der Waals surface area (Å²) in [7, 11) is 0. The summed E-state index contributed by atoms with van der Waals surface area (Å²) in [6, 6.07) is 0. The molecule has 109 valence electrons. The smallest absolute Gasteiger partial charge is 0.00168 e. The summed E-state index contributed by atoms with van der Waals surface area (Å²) in [6.45, 7) is 6.17. The minimum Gasteiger partial charge on any atom is -0.176 e. The molecule has 0 heterocycles. The molecule has 0 aromatic heterocycles. The van der Waals surface area contributed by atoms with Gasteiger partial charge in [0.15, 0.2) is 0 Å². The topological polar surface area (TPSA) is 0 Å². The number of hydrogen-bond donors (Lipinski definition) is 1. The van der Waals surface area contributed by atoms with E-state index in [-0.39, 0.29) is 0 Å². The molecule has 18 heavy (non-hydrogen) atoms. The second kappa shape index (κ2) is 15.4. The number of rotatable bonds is 14. The second-order valence-electron chi connectivity index (χ2n) is 5.62. The largest absolute Gasteiger partial charge is 0.176 e. The molecule has 0 N–H and O–H groups in total. The SMILES string of the molecule is [CH2]CC(S)CCCCCCCCCCCCCC. The Hall–Kier alpha value is 0.350. The Bertz CT molecular complexity index is 145. The molecule has 0 aliphatic rings. The maximum absolute atomic E-state index is 4.47. The molecule has 0 fully saturated rings. The van der Waals surface area contributed by atoms with Crippen molar-refractivity contribution < 1.29 is 0 Å². The molecule has 1 atom stereocenters. The Morgan fingerprint density at radius 2 is 1.11 bits per heavy atom. The molecule has 0 spiro atoms. The molecule has 1 unspecified atom stereocenters. The van der Waals surface area contributed by atoms with E-state index in [0.717, 1.165) is 6.42 Å². The van der Waals surface area contributed by atoms with Crippen molar-refractivity contribution in [2.45, 2.75) is 102 Å². The van der Waals surface area contributed by atoms with Gasteiger partial charge in [-0.3, -0.25) is 0 Å². The van der Waals surface area contributed by atoms with Crippen LogP contribution >= 0.6 is 12.6 Å². The van der Waals surface area contributed by atoms with Crippen LogP contribution in [0.5, 0.6) is 0 Å². The zero-order valence-corrected chi connectivity index (χ0v) is 13.5. The van der Waals surface area contributed by atoms with Crippen LogP contribution in [0.4, 0.5) is 0 Å². The average molecular weight is 272 g/mol. The number of thiol groups is 1. The fourth-order valence-electron chi connectivity index (χ4n) is 2.37. The quantitative estimate of drug-likeness (QED) is 0.267. The molecular weight excluding hydrogens is 236 g/mol. The van der Waals surface area contributed by atoms with Crippen molar-refractivity contribution in [1.29, 1.82) is 0 Å². The molecule has 1 radical (unpaired) electrons. The second-order valence-corrected chi connectivity index (χ2v) is 6.35. The third kappa shape index (κ3) is 14.4. The lowest BCUT2D eigenvalue weighted by atomic mass is 10.0. The van der Waals surface area contributed by atoms with Crippen LogP contribution in [0, 0.1) is 6.92 Å². The van der Waals surface area contributed by atoms with Gasteiger partial charge in [-0.2, -0.15) is 12.6 Å². The van der Waals surface area contributed by atoms with Crippen molar-refractivity contribution in [2.24, 2.45) is 0 Å². The Morgan fingerprint density at radius 1 is 0.722 bits per heavy atom. The molecule has 0 amide bonds. The Kier molecular flexibility index (Phi) is 15.7.